The van der Waals surface area contributed by atoms with Gasteiger partial charge in [-0.15, -0.1) is 0 Å². The van der Waals surface area contributed by atoms with Crippen molar-refractivity contribution in [2.45, 2.75) is 20.3 Å². The highest BCUT2D eigenvalue weighted by Gasteiger charge is 2.04. The summed E-state index contributed by atoms with van der Waals surface area (Å²) in [5, 5.41) is 4.15. The van der Waals surface area contributed by atoms with E-state index in [4.69, 9.17) is 0 Å². The monoisotopic (exact) mass is 238 g/mol. The molecular weight excluding hydrogens is 223 g/mol. The van der Waals surface area contributed by atoms with Crippen molar-refractivity contribution in [1.82, 2.24) is 4.98 Å². The number of hydrogen-bond acceptors (Lipinski definition) is 3. The molecule has 0 saturated heterocycles. The van der Waals surface area contributed by atoms with Gasteiger partial charge in [0.1, 0.15) is 5.82 Å². The van der Waals surface area contributed by atoms with Crippen LogP contribution in [0.2, 0.25) is 0 Å². The quantitative estimate of drug-likeness (QED) is 0.874. The first-order valence-corrected chi connectivity index (χ1v) is 6.27. The molecule has 16 heavy (non-hydrogen) atoms. The molecule has 0 spiro atoms. The maximum absolute atomic E-state index is 12.9. The van der Waals surface area contributed by atoms with Crippen LogP contribution in [0.25, 0.3) is 10.2 Å². The van der Waals surface area contributed by atoms with Crippen LogP contribution in [0, 0.1) is 11.7 Å². The first-order valence-electron chi connectivity index (χ1n) is 5.45. The van der Waals surface area contributed by atoms with Crippen molar-refractivity contribution in [1.29, 1.82) is 0 Å². The number of benzene rings is 1. The Morgan fingerprint density at radius 1 is 1.44 bits per heavy atom. The topological polar surface area (TPSA) is 24.9 Å². The van der Waals surface area contributed by atoms with Crippen LogP contribution in [0.15, 0.2) is 18.2 Å². The number of hydrogen-bond donors (Lipinski definition) is 1. The predicted octanol–water partition coefficient (Wildman–Crippen LogP) is 3.89. The Morgan fingerprint density at radius 2 is 2.25 bits per heavy atom. The van der Waals surface area contributed by atoms with Crippen molar-refractivity contribution in [3.63, 3.8) is 0 Å². The van der Waals surface area contributed by atoms with Crippen LogP contribution >= 0.6 is 11.3 Å². The van der Waals surface area contributed by atoms with Gasteiger partial charge >= 0.3 is 0 Å². The SMILES string of the molecule is CC(C)CCNc1nc2cc(F)ccc2s1. The lowest BCUT2D eigenvalue weighted by molar-refractivity contribution is 0.607. The molecule has 0 amide bonds. The fourth-order valence-electron chi connectivity index (χ4n) is 1.44. The lowest BCUT2D eigenvalue weighted by Gasteiger charge is -2.04. The molecule has 2 nitrogen and oxygen atoms in total. The summed E-state index contributed by atoms with van der Waals surface area (Å²) in [4.78, 5) is 4.34. The molecule has 0 aliphatic heterocycles. The van der Waals surface area contributed by atoms with Crippen LogP contribution in [0.1, 0.15) is 20.3 Å². The Morgan fingerprint density at radius 3 is 3.00 bits per heavy atom. The number of thiazole rings is 1. The van der Waals surface area contributed by atoms with Gasteiger partial charge in [0.25, 0.3) is 0 Å². The Bertz CT molecular complexity index is 479. The van der Waals surface area contributed by atoms with Gasteiger partial charge in [-0.05, 0) is 24.5 Å². The van der Waals surface area contributed by atoms with E-state index in [9.17, 15) is 4.39 Å². The number of aromatic nitrogens is 1. The zero-order valence-corrected chi connectivity index (χ0v) is 10.3. The van der Waals surface area contributed by atoms with Crippen LogP contribution in [-0.2, 0) is 0 Å². The molecule has 1 aromatic heterocycles. The van der Waals surface area contributed by atoms with Gasteiger partial charge in [0, 0.05) is 12.6 Å². The highest BCUT2D eigenvalue weighted by molar-refractivity contribution is 7.22. The Labute approximate surface area is 98.5 Å². The maximum atomic E-state index is 12.9. The molecule has 0 atom stereocenters. The fourth-order valence-corrected chi connectivity index (χ4v) is 2.32. The molecule has 0 fully saturated rings. The normalized spacial score (nSPS) is 11.2. The summed E-state index contributed by atoms with van der Waals surface area (Å²) in [6.45, 7) is 5.30. The summed E-state index contributed by atoms with van der Waals surface area (Å²) < 4.78 is 14.0. The van der Waals surface area contributed by atoms with Gasteiger partial charge in [-0.2, -0.15) is 0 Å². The zero-order valence-electron chi connectivity index (χ0n) is 9.46. The molecule has 4 heteroatoms. The molecule has 1 heterocycles. The van der Waals surface area contributed by atoms with Crippen LogP contribution in [-0.4, -0.2) is 11.5 Å². The lowest BCUT2D eigenvalue weighted by Crippen LogP contribution is -2.03. The van der Waals surface area contributed by atoms with Crippen molar-refractivity contribution >= 4 is 26.7 Å². The van der Waals surface area contributed by atoms with E-state index in [1.54, 1.807) is 17.4 Å². The van der Waals surface area contributed by atoms with Gasteiger partial charge in [-0.1, -0.05) is 25.2 Å². The number of anilines is 1. The minimum absolute atomic E-state index is 0.230. The molecule has 1 N–H and O–H groups in total. The average Bonchev–Trinajstić information content (AvgIpc) is 2.58. The van der Waals surface area contributed by atoms with E-state index in [0.717, 1.165) is 28.3 Å². The Kier molecular flexibility index (Phi) is 3.39. The second-order valence-electron chi connectivity index (χ2n) is 4.24. The molecular formula is C12H15FN2S. The van der Waals surface area contributed by atoms with E-state index >= 15 is 0 Å². The minimum atomic E-state index is -0.230. The summed E-state index contributed by atoms with van der Waals surface area (Å²) in [7, 11) is 0. The van der Waals surface area contributed by atoms with Gasteiger partial charge in [-0.3, -0.25) is 0 Å². The molecule has 0 aliphatic carbocycles. The minimum Gasteiger partial charge on any atom is -0.361 e. The van der Waals surface area contributed by atoms with Gasteiger partial charge in [0.15, 0.2) is 5.13 Å². The van der Waals surface area contributed by atoms with Gasteiger partial charge in [0.2, 0.25) is 0 Å². The number of fused-ring (bicyclic) bond motifs is 1. The fraction of sp³-hybridized carbons (Fsp3) is 0.417. The zero-order chi connectivity index (χ0) is 11.5. The van der Waals surface area contributed by atoms with Crippen molar-refractivity contribution in [2.75, 3.05) is 11.9 Å². The highest BCUT2D eigenvalue weighted by Crippen LogP contribution is 2.26. The number of nitrogens with zero attached hydrogens (tertiary/aromatic N) is 1. The van der Waals surface area contributed by atoms with Crippen molar-refractivity contribution in [3.8, 4) is 0 Å². The third-order valence-electron chi connectivity index (χ3n) is 2.35. The van der Waals surface area contributed by atoms with Crippen molar-refractivity contribution in [3.05, 3.63) is 24.0 Å². The van der Waals surface area contributed by atoms with Crippen LogP contribution < -0.4 is 5.32 Å². The van der Waals surface area contributed by atoms with Crippen LogP contribution in [0.5, 0.6) is 0 Å². The van der Waals surface area contributed by atoms with E-state index < -0.39 is 0 Å². The van der Waals surface area contributed by atoms with E-state index in [1.807, 2.05) is 0 Å². The molecule has 1 aromatic carbocycles. The maximum Gasteiger partial charge on any atom is 0.183 e. The number of nitrogens with one attached hydrogen (secondary N) is 1. The first kappa shape index (κ1) is 11.3. The summed E-state index contributed by atoms with van der Waals surface area (Å²) in [5.74, 6) is 0.450. The van der Waals surface area contributed by atoms with Crippen LogP contribution in [0.3, 0.4) is 0 Å². The molecule has 0 bridgehead atoms. The third kappa shape index (κ3) is 2.70. The first-order chi connectivity index (χ1) is 7.65. The Balaban J connectivity index is 2.08. The predicted molar refractivity (Wildman–Crippen MR) is 67.5 cm³/mol. The number of halogens is 1. The van der Waals surface area contributed by atoms with Gasteiger partial charge in [0.05, 0.1) is 10.2 Å². The summed E-state index contributed by atoms with van der Waals surface area (Å²) in [5.41, 5.74) is 0.733. The van der Waals surface area contributed by atoms with Crippen molar-refractivity contribution < 1.29 is 4.39 Å². The smallest absolute Gasteiger partial charge is 0.183 e. The van der Waals surface area contributed by atoms with Crippen molar-refractivity contribution in [2.24, 2.45) is 5.92 Å². The highest BCUT2D eigenvalue weighted by atomic mass is 32.1. The van der Waals surface area contributed by atoms with Gasteiger partial charge in [-0.25, -0.2) is 9.37 Å². The van der Waals surface area contributed by atoms with E-state index in [2.05, 4.69) is 24.1 Å². The molecule has 2 aromatic rings. The standard InChI is InChI=1S/C12H15FN2S/c1-8(2)5-6-14-12-15-10-7-9(13)3-4-11(10)16-12/h3-4,7-8H,5-6H2,1-2H3,(H,14,15). The van der Waals surface area contributed by atoms with E-state index in [-0.39, 0.29) is 5.82 Å². The summed E-state index contributed by atoms with van der Waals surface area (Å²) in [6, 6.07) is 4.72. The van der Waals surface area contributed by atoms with Gasteiger partial charge < -0.3 is 5.32 Å². The molecule has 0 aliphatic rings. The molecule has 2 rings (SSSR count). The number of rotatable bonds is 4. The average molecular weight is 238 g/mol. The van der Waals surface area contributed by atoms with E-state index in [1.165, 1.54) is 12.1 Å². The summed E-state index contributed by atoms with van der Waals surface area (Å²) in [6.07, 6.45) is 1.12. The largest absolute Gasteiger partial charge is 0.361 e. The molecule has 0 radical (unpaired) electrons. The molecule has 0 saturated carbocycles. The van der Waals surface area contributed by atoms with Crippen LogP contribution in [0.4, 0.5) is 9.52 Å². The molecule has 0 unspecified atom stereocenters. The molecule has 86 valence electrons. The summed E-state index contributed by atoms with van der Waals surface area (Å²) >= 11 is 1.57. The lowest BCUT2D eigenvalue weighted by atomic mass is 10.1. The van der Waals surface area contributed by atoms with E-state index in [0.29, 0.717) is 5.92 Å². The second-order valence-corrected chi connectivity index (χ2v) is 5.27. The Hall–Kier alpha value is -1.16. The third-order valence-corrected chi connectivity index (χ3v) is 3.34. The second kappa shape index (κ2) is 4.78.